The van der Waals surface area contributed by atoms with Crippen LogP contribution in [0.3, 0.4) is 0 Å². The molecule has 2 aromatic carbocycles. The summed E-state index contributed by atoms with van der Waals surface area (Å²) < 4.78 is 0. The van der Waals surface area contributed by atoms with Gasteiger partial charge in [-0.05, 0) is 80.6 Å². The van der Waals surface area contributed by atoms with Gasteiger partial charge in [0.15, 0.2) is 0 Å². The van der Waals surface area contributed by atoms with Crippen molar-refractivity contribution in [3.05, 3.63) is 65.9 Å². The van der Waals surface area contributed by atoms with E-state index in [2.05, 4.69) is 33.5 Å². The SMILES string of the molecule is O=C(Nc1ccc2[nH]cc(C3CCN4CCCCC4C3)c2c1)c1ccccc1. The van der Waals surface area contributed by atoms with Gasteiger partial charge in [-0.25, -0.2) is 0 Å². The molecule has 0 saturated carbocycles. The highest BCUT2D eigenvalue weighted by Crippen LogP contribution is 2.38. The second-order valence-electron chi connectivity index (χ2n) is 8.23. The molecule has 3 heterocycles. The van der Waals surface area contributed by atoms with Crippen LogP contribution < -0.4 is 5.32 Å². The molecule has 2 N–H and O–H groups in total. The van der Waals surface area contributed by atoms with Crippen molar-refractivity contribution >= 4 is 22.5 Å². The average Bonchev–Trinajstić information content (AvgIpc) is 3.17. The summed E-state index contributed by atoms with van der Waals surface area (Å²) >= 11 is 0. The fraction of sp³-hybridized carbons (Fsp3) is 0.375. The lowest BCUT2D eigenvalue weighted by atomic mass is 9.82. The molecule has 28 heavy (non-hydrogen) atoms. The Bertz CT molecular complexity index is 978. The van der Waals surface area contributed by atoms with Crippen LogP contribution in [0.4, 0.5) is 5.69 Å². The summed E-state index contributed by atoms with van der Waals surface area (Å²) in [5.41, 5.74) is 4.11. The van der Waals surface area contributed by atoms with Crippen molar-refractivity contribution in [3.63, 3.8) is 0 Å². The number of carbonyl (C=O) groups is 1. The van der Waals surface area contributed by atoms with Crippen LogP contribution in [-0.2, 0) is 0 Å². The number of anilines is 1. The molecule has 2 saturated heterocycles. The molecule has 5 rings (SSSR count). The molecule has 2 fully saturated rings. The molecule has 2 unspecified atom stereocenters. The minimum Gasteiger partial charge on any atom is -0.361 e. The third-order valence-electron chi connectivity index (χ3n) is 6.52. The van der Waals surface area contributed by atoms with Crippen molar-refractivity contribution in [1.29, 1.82) is 0 Å². The van der Waals surface area contributed by atoms with E-state index in [0.717, 1.165) is 17.2 Å². The van der Waals surface area contributed by atoms with Gasteiger partial charge < -0.3 is 15.2 Å². The lowest BCUT2D eigenvalue weighted by Crippen LogP contribution is -2.44. The molecule has 4 heteroatoms. The van der Waals surface area contributed by atoms with Gasteiger partial charge in [0.25, 0.3) is 5.91 Å². The highest BCUT2D eigenvalue weighted by molar-refractivity contribution is 6.05. The molecule has 2 atom stereocenters. The maximum absolute atomic E-state index is 12.5. The van der Waals surface area contributed by atoms with Gasteiger partial charge in [-0.15, -0.1) is 0 Å². The first kappa shape index (κ1) is 17.5. The number of rotatable bonds is 3. The van der Waals surface area contributed by atoms with Gasteiger partial charge in [-0.2, -0.15) is 0 Å². The van der Waals surface area contributed by atoms with Crippen LogP contribution >= 0.6 is 0 Å². The van der Waals surface area contributed by atoms with E-state index in [9.17, 15) is 4.79 Å². The zero-order chi connectivity index (χ0) is 18.9. The van der Waals surface area contributed by atoms with Crippen LogP contribution in [0.5, 0.6) is 0 Å². The normalized spacial score (nSPS) is 22.7. The standard InChI is InChI=1S/C24H27N3O/c28-24(17-6-2-1-3-7-17)26-19-9-10-23-21(15-19)22(16-25-23)18-11-13-27-12-5-4-8-20(27)14-18/h1-3,6-7,9-10,15-16,18,20,25H,4-5,8,11-14H2,(H,26,28). The van der Waals surface area contributed by atoms with Crippen LogP contribution in [-0.4, -0.2) is 34.9 Å². The lowest BCUT2D eigenvalue weighted by Gasteiger charge is -2.42. The van der Waals surface area contributed by atoms with Crippen molar-refractivity contribution in [3.8, 4) is 0 Å². The molecule has 2 aliphatic heterocycles. The fourth-order valence-electron chi connectivity index (χ4n) is 5.02. The molecule has 0 spiro atoms. The summed E-state index contributed by atoms with van der Waals surface area (Å²) in [5, 5.41) is 4.30. The maximum atomic E-state index is 12.5. The number of nitrogens with one attached hydrogen (secondary N) is 2. The first-order valence-electron chi connectivity index (χ1n) is 10.5. The smallest absolute Gasteiger partial charge is 0.255 e. The second-order valence-corrected chi connectivity index (χ2v) is 8.23. The number of hydrogen-bond acceptors (Lipinski definition) is 2. The molecule has 144 valence electrons. The van der Waals surface area contributed by atoms with E-state index in [-0.39, 0.29) is 5.91 Å². The molecular formula is C24H27N3O. The average molecular weight is 374 g/mol. The minimum atomic E-state index is -0.0625. The Morgan fingerprint density at radius 3 is 2.82 bits per heavy atom. The second kappa shape index (κ2) is 7.44. The van der Waals surface area contributed by atoms with Crippen LogP contribution in [0.15, 0.2) is 54.7 Å². The number of nitrogens with zero attached hydrogens (tertiary/aromatic N) is 1. The molecule has 1 aromatic heterocycles. The monoisotopic (exact) mass is 373 g/mol. The van der Waals surface area contributed by atoms with Crippen molar-refractivity contribution in [2.75, 3.05) is 18.4 Å². The highest BCUT2D eigenvalue weighted by Gasteiger charge is 2.31. The third-order valence-corrected chi connectivity index (χ3v) is 6.52. The topological polar surface area (TPSA) is 48.1 Å². The number of benzene rings is 2. The van der Waals surface area contributed by atoms with Crippen LogP contribution in [0.1, 0.15) is 53.9 Å². The van der Waals surface area contributed by atoms with E-state index in [1.165, 1.54) is 56.1 Å². The first-order chi connectivity index (χ1) is 13.8. The first-order valence-corrected chi connectivity index (χ1v) is 10.5. The molecule has 0 aliphatic carbocycles. The van der Waals surface area contributed by atoms with E-state index in [1.54, 1.807) is 0 Å². The summed E-state index contributed by atoms with van der Waals surface area (Å²) in [6.45, 7) is 2.49. The number of carbonyl (C=O) groups excluding carboxylic acids is 1. The number of H-pyrrole nitrogens is 1. The lowest BCUT2D eigenvalue weighted by molar-refractivity contribution is 0.0977. The molecule has 3 aromatic rings. The van der Waals surface area contributed by atoms with E-state index in [4.69, 9.17) is 0 Å². The van der Waals surface area contributed by atoms with Gasteiger partial charge in [-0.3, -0.25) is 4.79 Å². The highest BCUT2D eigenvalue weighted by atomic mass is 16.1. The summed E-state index contributed by atoms with van der Waals surface area (Å²) in [6, 6.07) is 16.3. The zero-order valence-corrected chi connectivity index (χ0v) is 16.2. The number of hydrogen-bond donors (Lipinski definition) is 2. The van der Waals surface area contributed by atoms with Gasteiger partial charge in [0.1, 0.15) is 0 Å². The quantitative estimate of drug-likeness (QED) is 0.667. The van der Waals surface area contributed by atoms with E-state index < -0.39 is 0 Å². The minimum absolute atomic E-state index is 0.0625. The van der Waals surface area contributed by atoms with E-state index >= 15 is 0 Å². The Labute approximate surface area is 165 Å². The summed E-state index contributed by atoms with van der Waals surface area (Å²) in [5.74, 6) is 0.542. The van der Waals surface area contributed by atoms with Crippen LogP contribution in [0.2, 0.25) is 0 Å². The predicted octanol–water partition coefficient (Wildman–Crippen LogP) is 5.15. The summed E-state index contributed by atoms with van der Waals surface area (Å²) in [7, 11) is 0. The Kier molecular flexibility index (Phi) is 4.65. The van der Waals surface area contributed by atoms with Crippen molar-refractivity contribution in [2.24, 2.45) is 0 Å². The van der Waals surface area contributed by atoms with Gasteiger partial charge in [-0.1, -0.05) is 24.6 Å². The largest absolute Gasteiger partial charge is 0.361 e. The number of amides is 1. The van der Waals surface area contributed by atoms with Gasteiger partial charge in [0.05, 0.1) is 0 Å². The van der Waals surface area contributed by atoms with Crippen LogP contribution in [0, 0.1) is 0 Å². The van der Waals surface area contributed by atoms with Crippen molar-refractivity contribution in [1.82, 2.24) is 9.88 Å². The number of aromatic nitrogens is 1. The van der Waals surface area contributed by atoms with Gasteiger partial charge in [0.2, 0.25) is 0 Å². The number of fused-ring (bicyclic) bond motifs is 2. The zero-order valence-electron chi connectivity index (χ0n) is 16.2. The van der Waals surface area contributed by atoms with Crippen LogP contribution in [0.25, 0.3) is 10.9 Å². The number of aromatic amines is 1. The van der Waals surface area contributed by atoms with Crippen molar-refractivity contribution < 1.29 is 4.79 Å². The molecule has 0 radical (unpaired) electrons. The molecule has 2 aliphatic rings. The number of piperidine rings is 2. The molecule has 4 nitrogen and oxygen atoms in total. The Hall–Kier alpha value is -2.59. The van der Waals surface area contributed by atoms with E-state index in [0.29, 0.717) is 11.5 Å². The van der Waals surface area contributed by atoms with Gasteiger partial charge in [0, 0.05) is 34.4 Å². The Morgan fingerprint density at radius 2 is 1.93 bits per heavy atom. The predicted molar refractivity (Wildman–Crippen MR) is 114 cm³/mol. The van der Waals surface area contributed by atoms with E-state index in [1.807, 2.05) is 36.4 Å². The Morgan fingerprint density at radius 1 is 1.04 bits per heavy atom. The third kappa shape index (κ3) is 3.33. The molecule has 0 bridgehead atoms. The molecule has 1 amide bonds. The van der Waals surface area contributed by atoms with Gasteiger partial charge >= 0.3 is 0 Å². The fourth-order valence-corrected chi connectivity index (χ4v) is 5.02. The summed E-state index contributed by atoms with van der Waals surface area (Å²) in [6.07, 6.45) is 8.75. The Balaban J connectivity index is 1.38. The molecular weight excluding hydrogens is 346 g/mol. The summed E-state index contributed by atoms with van der Waals surface area (Å²) in [4.78, 5) is 18.6. The maximum Gasteiger partial charge on any atom is 0.255 e. The van der Waals surface area contributed by atoms with Crippen molar-refractivity contribution in [2.45, 2.75) is 44.1 Å².